The molecule has 0 bridgehead atoms. The largest absolute Gasteiger partial charge is 0.382 e. The van der Waals surface area contributed by atoms with Gasteiger partial charge in [-0.15, -0.1) is 0 Å². The van der Waals surface area contributed by atoms with Crippen LogP contribution in [0.25, 0.3) is 21.9 Å². The van der Waals surface area contributed by atoms with Crippen LogP contribution < -0.4 is 5.73 Å². The molecule has 4 heteroatoms. The second-order valence-electron chi connectivity index (χ2n) is 5.07. The Hall–Kier alpha value is -2.88. The number of hydrogen-bond acceptors (Lipinski definition) is 3. The van der Waals surface area contributed by atoms with E-state index in [9.17, 15) is 0 Å². The normalized spacial score (nSPS) is 11.2. The SMILES string of the molecule is Nc1nc2ccccc2c2c1ncn2Cc1ccccc1. The fraction of sp³-hybridized carbons (Fsp3) is 0.0588. The maximum absolute atomic E-state index is 6.04. The number of benzene rings is 2. The molecule has 0 fully saturated rings. The van der Waals surface area contributed by atoms with Crippen molar-refractivity contribution in [2.75, 3.05) is 5.73 Å². The average molecular weight is 274 g/mol. The zero-order valence-electron chi connectivity index (χ0n) is 11.4. The molecule has 2 aromatic carbocycles. The van der Waals surface area contributed by atoms with E-state index >= 15 is 0 Å². The zero-order chi connectivity index (χ0) is 14.2. The van der Waals surface area contributed by atoms with Crippen molar-refractivity contribution >= 4 is 27.8 Å². The molecule has 102 valence electrons. The minimum absolute atomic E-state index is 0.482. The first kappa shape index (κ1) is 11.9. The Morgan fingerprint density at radius 1 is 0.952 bits per heavy atom. The molecule has 0 atom stereocenters. The smallest absolute Gasteiger partial charge is 0.152 e. The molecular formula is C17H14N4. The van der Waals surface area contributed by atoms with E-state index < -0.39 is 0 Å². The van der Waals surface area contributed by atoms with Crippen LogP contribution in [0.2, 0.25) is 0 Å². The third kappa shape index (κ3) is 1.92. The number of nitrogen functional groups attached to an aromatic ring is 1. The summed E-state index contributed by atoms with van der Waals surface area (Å²) in [6.07, 6.45) is 1.84. The van der Waals surface area contributed by atoms with Crippen molar-refractivity contribution in [3.05, 3.63) is 66.5 Å². The molecule has 0 amide bonds. The highest BCUT2D eigenvalue weighted by atomic mass is 15.1. The van der Waals surface area contributed by atoms with E-state index in [4.69, 9.17) is 5.73 Å². The van der Waals surface area contributed by atoms with Crippen LogP contribution >= 0.6 is 0 Å². The van der Waals surface area contributed by atoms with Crippen molar-refractivity contribution in [2.45, 2.75) is 6.54 Å². The zero-order valence-corrected chi connectivity index (χ0v) is 11.4. The number of aromatic nitrogens is 3. The predicted octanol–water partition coefficient (Wildman–Crippen LogP) is 3.22. The fourth-order valence-corrected chi connectivity index (χ4v) is 2.71. The maximum Gasteiger partial charge on any atom is 0.152 e. The summed E-state index contributed by atoms with van der Waals surface area (Å²) >= 11 is 0. The summed E-state index contributed by atoms with van der Waals surface area (Å²) in [6, 6.07) is 18.4. The number of nitrogens with zero attached hydrogens (tertiary/aromatic N) is 3. The molecule has 4 aromatic rings. The first-order chi connectivity index (χ1) is 10.3. The van der Waals surface area contributed by atoms with Gasteiger partial charge < -0.3 is 10.3 Å². The minimum Gasteiger partial charge on any atom is -0.382 e. The van der Waals surface area contributed by atoms with Crippen LogP contribution in [0.15, 0.2) is 60.9 Å². The Kier molecular flexibility index (Phi) is 2.60. The van der Waals surface area contributed by atoms with Crippen LogP contribution in [0.5, 0.6) is 0 Å². The van der Waals surface area contributed by atoms with Gasteiger partial charge in [0.1, 0.15) is 5.52 Å². The highest BCUT2D eigenvalue weighted by Crippen LogP contribution is 2.27. The molecule has 4 nitrogen and oxygen atoms in total. The summed E-state index contributed by atoms with van der Waals surface area (Å²) < 4.78 is 2.13. The quantitative estimate of drug-likeness (QED) is 0.610. The monoisotopic (exact) mass is 274 g/mol. The second kappa shape index (κ2) is 4.59. The molecule has 0 aliphatic carbocycles. The van der Waals surface area contributed by atoms with Crippen molar-refractivity contribution < 1.29 is 0 Å². The third-order valence-corrected chi connectivity index (χ3v) is 3.68. The lowest BCUT2D eigenvalue weighted by Crippen LogP contribution is -1.99. The van der Waals surface area contributed by atoms with Crippen molar-refractivity contribution in [3.8, 4) is 0 Å². The van der Waals surface area contributed by atoms with Crippen molar-refractivity contribution in [2.24, 2.45) is 0 Å². The van der Waals surface area contributed by atoms with Crippen LogP contribution in [0, 0.1) is 0 Å². The number of anilines is 1. The lowest BCUT2D eigenvalue weighted by Gasteiger charge is -2.07. The molecule has 0 saturated carbocycles. The number of pyridine rings is 1. The fourth-order valence-electron chi connectivity index (χ4n) is 2.71. The summed E-state index contributed by atoms with van der Waals surface area (Å²) in [7, 11) is 0. The molecule has 0 aliphatic heterocycles. The summed E-state index contributed by atoms with van der Waals surface area (Å²) in [4.78, 5) is 8.87. The Morgan fingerprint density at radius 2 is 1.71 bits per heavy atom. The highest BCUT2D eigenvalue weighted by Gasteiger charge is 2.11. The van der Waals surface area contributed by atoms with E-state index in [2.05, 4.69) is 32.7 Å². The molecule has 2 N–H and O–H groups in total. The van der Waals surface area contributed by atoms with Crippen LogP contribution in [-0.2, 0) is 6.54 Å². The molecule has 2 heterocycles. The Balaban J connectivity index is 1.98. The van der Waals surface area contributed by atoms with Gasteiger partial charge in [-0.1, -0.05) is 48.5 Å². The van der Waals surface area contributed by atoms with Crippen LogP contribution in [0.3, 0.4) is 0 Å². The molecule has 0 spiro atoms. The van der Waals surface area contributed by atoms with Gasteiger partial charge in [-0.25, -0.2) is 9.97 Å². The number of hydrogen-bond donors (Lipinski definition) is 1. The first-order valence-corrected chi connectivity index (χ1v) is 6.86. The van der Waals surface area contributed by atoms with E-state index in [0.717, 1.165) is 28.5 Å². The molecule has 0 radical (unpaired) electrons. The summed E-state index contributed by atoms with van der Waals surface area (Å²) in [5.74, 6) is 0.482. The number of para-hydroxylation sites is 1. The first-order valence-electron chi connectivity index (χ1n) is 6.86. The standard InChI is InChI=1S/C17H14N4/c18-17-15-16(13-8-4-5-9-14(13)20-17)21(11-19-15)10-12-6-2-1-3-7-12/h1-9,11H,10H2,(H2,18,20). The van der Waals surface area contributed by atoms with Crippen molar-refractivity contribution in [3.63, 3.8) is 0 Å². The predicted molar refractivity (Wildman–Crippen MR) is 85.0 cm³/mol. The highest BCUT2D eigenvalue weighted by molar-refractivity contribution is 6.06. The second-order valence-corrected chi connectivity index (χ2v) is 5.07. The van der Waals surface area contributed by atoms with Gasteiger partial charge in [-0.2, -0.15) is 0 Å². The lowest BCUT2D eigenvalue weighted by atomic mass is 10.1. The van der Waals surface area contributed by atoms with Crippen molar-refractivity contribution in [1.82, 2.24) is 14.5 Å². The molecular weight excluding hydrogens is 260 g/mol. The maximum atomic E-state index is 6.04. The van der Waals surface area contributed by atoms with Gasteiger partial charge in [-0.3, -0.25) is 0 Å². The topological polar surface area (TPSA) is 56.7 Å². The minimum atomic E-state index is 0.482. The average Bonchev–Trinajstić information content (AvgIpc) is 2.93. The van der Waals surface area contributed by atoms with E-state index in [1.165, 1.54) is 5.56 Å². The summed E-state index contributed by atoms with van der Waals surface area (Å²) in [6.45, 7) is 0.769. The Bertz CT molecular complexity index is 925. The van der Waals surface area contributed by atoms with Crippen LogP contribution in [0.4, 0.5) is 5.82 Å². The van der Waals surface area contributed by atoms with Crippen LogP contribution in [0.1, 0.15) is 5.56 Å². The molecule has 0 saturated heterocycles. The summed E-state index contributed by atoms with van der Waals surface area (Å²) in [5, 5.41) is 1.08. The number of imidazole rings is 1. The lowest BCUT2D eigenvalue weighted by molar-refractivity contribution is 0.827. The molecule has 0 unspecified atom stereocenters. The molecule has 4 rings (SSSR count). The van der Waals surface area contributed by atoms with Crippen molar-refractivity contribution in [1.29, 1.82) is 0 Å². The van der Waals surface area contributed by atoms with Gasteiger partial charge in [0.2, 0.25) is 0 Å². The number of fused-ring (bicyclic) bond motifs is 3. The number of rotatable bonds is 2. The van der Waals surface area contributed by atoms with Gasteiger partial charge in [0.25, 0.3) is 0 Å². The van der Waals surface area contributed by atoms with Crippen LogP contribution in [-0.4, -0.2) is 14.5 Å². The molecule has 0 aliphatic rings. The van der Waals surface area contributed by atoms with Gasteiger partial charge in [0.05, 0.1) is 17.4 Å². The molecule has 2 aromatic heterocycles. The number of nitrogens with two attached hydrogens (primary N) is 1. The van der Waals surface area contributed by atoms with E-state index in [-0.39, 0.29) is 0 Å². The molecule has 21 heavy (non-hydrogen) atoms. The van der Waals surface area contributed by atoms with E-state index in [0.29, 0.717) is 5.82 Å². The van der Waals surface area contributed by atoms with E-state index in [1.807, 2.05) is 42.7 Å². The van der Waals surface area contributed by atoms with E-state index in [1.54, 1.807) is 0 Å². The van der Waals surface area contributed by atoms with Gasteiger partial charge in [-0.05, 0) is 11.6 Å². The third-order valence-electron chi connectivity index (χ3n) is 3.68. The Morgan fingerprint density at radius 3 is 2.57 bits per heavy atom. The summed E-state index contributed by atoms with van der Waals surface area (Å²) in [5.41, 5.74) is 9.99. The van der Waals surface area contributed by atoms with Gasteiger partial charge >= 0.3 is 0 Å². The Labute approximate surface area is 121 Å². The van der Waals surface area contributed by atoms with Gasteiger partial charge in [0, 0.05) is 11.9 Å². The van der Waals surface area contributed by atoms with Gasteiger partial charge in [0.15, 0.2) is 5.82 Å².